The summed E-state index contributed by atoms with van der Waals surface area (Å²) in [5.41, 5.74) is 0. The van der Waals surface area contributed by atoms with Gasteiger partial charge in [-0.15, -0.1) is 0 Å². The number of halogens is 3. The van der Waals surface area contributed by atoms with Crippen molar-refractivity contribution in [2.24, 2.45) is 0 Å². The Hall–Kier alpha value is -1.33. The minimum absolute atomic E-state index is 0.137. The molecular weight excluding hydrogens is 301 g/mol. The van der Waals surface area contributed by atoms with Crippen molar-refractivity contribution in [1.82, 2.24) is 0 Å². The summed E-state index contributed by atoms with van der Waals surface area (Å²) in [5, 5.41) is -1.88. The molecule has 0 spiro atoms. The van der Waals surface area contributed by atoms with Gasteiger partial charge in [-0.2, -0.15) is 21.2 Å². The lowest BCUT2D eigenvalue weighted by Gasteiger charge is -2.07. The van der Waals surface area contributed by atoms with E-state index < -0.39 is 48.5 Å². The van der Waals surface area contributed by atoms with Crippen LogP contribution in [0, 0.1) is 17.5 Å². The summed E-state index contributed by atoms with van der Waals surface area (Å²) in [4.78, 5) is 0. The zero-order valence-electron chi connectivity index (χ0n) is 8.30. The van der Waals surface area contributed by atoms with Crippen LogP contribution in [0.25, 0.3) is 0 Å². The number of rotatable bonds is 4. The third kappa shape index (κ3) is 4.16. The van der Waals surface area contributed by atoms with Gasteiger partial charge in [0.05, 0.1) is 0 Å². The van der Waals surface area contributed by atoms with Crippen molar-refractivity contribution in [2.45, 2.75) is 0 Å². The van der Waals surface area contributed by atoms with Crippen molar-refractivity contribution >= 4 is 20.2 Å². The smallest absolute Gasteiger partial charge is 0.326 e. The van der Waals surface area contributed by atoms with E-state index in [4.69, 9.17) is 4.55 Å². The molecule has 0 saturated heterocycles. The van der Waals surface area contributed by atoms with E-state index in [9.17, 15) is 30.0 Å². The van der Waals surface area contributed by atoms with E-state index in [1.807, 2.05) is 0 Å². The molecule has 0 radical (unpaired) electrons. The van der Waals surface area contributed by atoms with Crippen molar-refractivity contribution in [3.8, 4) is 5.75 Å². The maximum atomic E-state index is 13.0. The minimum Gasteiger partial charge on any atom is -0.378 e. The van der Waals surface area contributed by atoms with E-state index in [-0.39, 0.29) is 12.1 Å². The SMILES string of the molecule is O=S(=O)(O)CS(=O)(=O)Oc1cc(F)cc(F)c1F. The molecule has 0 fully saturated rings. The quantitative estimate of drug-likeness (QED) is 0.498. The molecule has 11 heteroatoms. The molecule has 0 heterocycles. The molecule has 0 saturated carbocycles. The summed E-state index contributed by atoms with van der Waals surface area (Å²) in [7, 11) is -9.92. The first-order chi connectivity index (χ1) is 8.00. The lowest BCUT2D eigenvalue weighted by Crippen LogP contribution is -2.21. The Kier molecular flexibility index (Phi) is 3.88. The van der Waals surface area contributed by atoms with Gasteiger partial charge in [-0.3, -0.25) is 4.55 Å². The second-order valence-electron chi connectivity index (χ2n) is 3.04. The number of hydrogen-bond acceptors (Lipinski definition) is 5. The summed E-state index contributed by atoms with van der Waals surface area (Å²) in [6.45, 7) is 0. The molecule has 0 aliphatic heterocycles. The molecule has 102 valence electrons. The molecule has 0 atom stereocenters. The van der Waals surface area contributed by atoms with Crippen LogP contribution in [-0.2, 0) is 20.2 Å². The van der Waals surface area contributed by atoms with Crippen LogP contribution in [-0.4, -0.2) is 26.5 Å². The summed E-state index contributed by atoms with van der Waals surface area (Å²) in [5.74, 6) is -6.20. The van der Waals surface area contributed by atoms with E-state index in [1.165, 1.54) is 0 Å². The molecule has 1 aromatic carbocycles. The maximum absolute atomic E-state index is 13.0. The van der Waals surface area contributed by atoms with E-state index >= 15 is 0 Å². The van der Waals surface area contributed by atoms with Crippen LogP contribution in [0.1, 0.15) is 0 Å². The molecule has 1 aromatic rings. The van der Waals surface area contributed by atoms with Crippen LogP contribution < -0.4 is 4.18 Å². The third-order valence-corrected chi connectivity index (χ3v) is 4.25. The first-order valence-electron chi connectivity index (χ1n) is 4.02. The fourth-order valence-corrected chi connectivity index (χ4v) is 2.98. The third-order valence-electron chi connectivity index (χ3n) is 1.47. The van der Waals surface area contributed by atoms with Gasteiger partial charge < -0.3 is 4.18 Å². The number of hydrogen-bond donors (Lipinski definition) is 1. The normalized spacial score (nSPS) is 12.4. The highest BCUT2D eigenvalue weighted by molar-refractivity contribution is 8.03. The second kappa shape index (κ2) is 4.74. The fourth-order valence-electron chi connectivity index (χ4n) is 0.936. The van der Waals surface area contributed by atoms with Gasteiger partial charge in [-0.1, -0.05) is 0 Å². The van der Waals surface area contributed by atoms with E-state index in [0.717, 1.165) is 0 Å². The molecule has 18 heavy (non-hydrogen) atoms. The predicted octanol–water partition coefficient (Wildman–Crippen LogP) is 0.658. The Morgan fingerprint density at radius 1 is 1.11 bits per heavy atom. The van der Waals surface area contributed by atoms with Gasteiger partial charge in [0.15, 0.2) is 11.6 Å². The van der Waals surface area contributed by atoms with Crippen molar-refractivity contribution in [3.05, 3.63) is 29.6 Å². The second-order valence-corrected chi connectivity index (χ2v) is 6.43. The van der Waals surface area contributed by atoms with Crippen molar-refractivity contribution in [1.29, 1.82) is 0 Å². The lowest BCUT2D eigenvalue weighted by molar-refractivity contribution is 0.429. The topological polar surface area (TPSA) is 97.7 Å². The number of benzene rings is 1. The molecule has 0 aliphatic carbocycles. The Bertz CT molecular complexity index is 667. The molecule has 1 N–H and O–H groups in total. The van der Waals surface area contributed by atoms with Crippen LogP contribution in [0.2, 0.25) is 0 Å². The highest BCUT2D eigenvalue weighted by atomic mass is 32.3. The van der Waals surface area contributed by atoms with Gasteiger partial charge in [0, 0.05) is 12.1 Å². The van der Waals surface area contributed by atoms with Gasteiger partial charge in [0.1, 0.15) is 5.82 Å². The Balaban J connectivity index is 3.13. The zero-order chi connectivity index (χ0) is 14.1. The monoisotopic (exact) mass is 306 g/mol. The first-order valence-corrected chi connectivity index (χ1v) is 7.21. The summed E-state index contributed by atoms with van der Waals surface area (Å²) >= 11 is 0. The van der Waals surface area contributed by atoms with E-state index in [1.54, 1.807) is 0 Å². The molecule has 1 rings (SSSR count). The molecule has 6 nitrogen and oxygen atoms in total. The first kappa shape index (κ1) is 14.7. The average Bonchev–Trinajstić information content (AvgIpc) is 2.08. The van der Waals surface area contributed by atoms with Gasteiger partial charge in [-0.05, 0) is 0 Å². The Morgan fingerprint density at radius 3 is 2.17 bits per heavy atom. The molecule has 0 amide bonds. The van der Waals surface area contributed by atoms with Gasteiger partial charge >= 0.3 is 10.1 Å². The molecular formula is C7H5F3O6S2. The highest BCUT2D eigenvalue weighted by Crippen LogP contribution is 2.23. The van der Waals surface area contributed by atoms with Crippen molar-refractivity contribution in [3.63, 3.8) is 0 Å². The Labute approximate surface area is 99.9 Å². The van der Waals surface area contributed by atoms with Crippen LogP contribution >= 0.6 is 0 Å². The van der Waals surface area contributed by atoms with Crippen LogP contribution in [0.15, 0.2) is 12.1 Å². The van der Waals surface area contributed by atoms with Crippen LogP contribution in [0.3, 0.4) is 0 Å². The van der Waals surface area contributed by atoms with Gasteiger partial charge in [0.25, 0.3) is 10.1 Å². The van der Waals surface area contributed by atoms with Gasteiger partial charge in [-0.25, -0.2) is 8.78 Å². The molecule has 0 bridgehead atoms. The highest BCUT2D eigenvalue weighted by Gasteiger charge is 2.25. The van der Waals surface area contributed by atoms with Gasteiger partial charge in [0.2, 0.25) is 10.9 Å². The summed E-state index contributed by atoms with van der Waals surface area (Å²) < 4.78 is 93.2. The predicted molar refractivity (Wildman–Crippen MR) is 52.3 cm³/mol. The minimum atomic E-state index is -4.96. The van der Waals surface area contributed by atoms with Crippen LogP contribution in [0.4, 0.5) is 13.2 Å². The Morgan fingerprint density at radius 2 is 1.67 bits per heavy atom. The zero-order valence-corrected chi connectivity index (χ0v) is 9.93. The maximum Gasteiger partial charge on any atom is 0.326 e. The largest absolute Gasteiger partial charge is 0.378 e. The standard InChI is InChI=1S/C7H5F3O6S2/c8-4-1-5(9)7(10)6(2-4)16-18(14,15)3-17(11,12)13/h1-2H,3H2,(H,11,12,13). The fraction of sp³-hybridized carbons (Fsp3) is 0.143. The molecule has 0 aromatic heterocycles. The van der Waals surface area contributed by atoms with Crippen molar-refractivity contribution < 1.29 is 38.7 Å². The van der Waals surface area contributed by atoms with E-state index in [0.29, 0.717) is 0 Å². The van der Waals surface area contributed by atoms with E-state index in [2.05, 4.69) is 4.18 Å². The summed E-state index contributed by atoms with van der Waals surface area (Å²) in [6, 6.07) is 0.345. The van der Waals surface area contributed by atoms with Crippen molar-refractivity contribution in [2.75, 3.05) is 5.08 Å². The van der Waals surface area contributed by atoms with Crippen LogP contribution in [0.5, 0.6) is 5.75 Å². The summed E-state index contributed by atoms with van der Waals surface area (Å²) in [6.07, 6.45) is 0. The lowest BCUT2D eigenvalue weighted by atomic mass is 10.3. The average molecular weight is 306 g/mol. The molecule has 0 aliphatic rings. The molecule has 0 unspecified atom stereocenters.